The molecule has 4 nitrogen and oxygen atoms in total. The molecule has 0 bridgehead atoms. The molecular formula is C14H31N3O. The van der Waals surface area contributed by atoms with Gasteiger partial charge in [0.1, 0.15) is 0 Å². The van der Waals surface area contributed by atoms with Gasteiger partial charge in [-0.2, -0.15) is 0 Å². The van der Waals surface area contributed by atoms with Gasteiger partial charge in [-0.25, -0.2) is 0 Å². The fourth-order valence-electron chi connectivity index (χ4n) is 2.66. The first kappa shape index (κ1) is 15.9. The highest BCUT2D eigenvalue weighted by Gasteiger charge is 2.22. The average molecular weight is 257 g/mol. The smallest absolute Gasteiger partial charge is 0.0628 e. The highest BCUT2D eigenvalue weighted by atomic mass is 16.5. The van der Waals surface area contributed by atoms with Crippen molar-refractivity contribution in [1.29, 1.82) is 0 Å². The number of rotatable bonds is 8. The summed E-state index contributed by atoms with van der Waals surface area (Å²) >= 11 is 0. The maximum atomic E-state index is 5.30. The van der Waals surface area contributed by atoms with Crippen molar-refractivity contribution in [3.8, 4) is 0 Å². The van der Waals surface area contributed by atoms with Gasteiger partial charge in [-0.05, 0) is 53.0 Å². The lowest BCUT2D eigenvalue weighted by Crippen LogP contribution is -2.48. The molecule has 1 N–H and O–H groups in total. The van der Waals surface area contributed by atoms with Gasteiger partial charge < -0.3 is 19.9 Å². The van der Waals surface area contributed by atoms with Gasteiger partial charge in [-0.3, -0.25) is 0 Å². The molecule has 1 fully saturated rings. The zero-order chi connectivity index (χ0) is 13.4. The predicted octanol–water partition coefficient (Wildman–Crippen LogP) is 1.03. The largest absolute Gasteiger partial charge is 0.383 e. The Balaban J connectivity index is 2.27. The van der Waals surface area contributed by atoms with Crippen LogP contribution in [0.4, 0.5) is 0 Å². The van der Waals surface area contributed by atoms with Crippen LogP contribution in [0.5, 0.6) is 0 Å². The summed E-state index contributed by atoms with van der Waals surface area (Å²) < 4.78 is 5.30. The summed E-state index contributed by atoms with van der Waals surface area (Å²) in [5.41, 5.74) is 0. The number of hydrogen-bond donors (Lipinski definition) is 1. The maximum Gasteiger partial charge on any atom is 0.0628 e. The Hall–Kier alpha value is -0.160. The molecule has 0 aliphatic carbocycles. The lowest BCUT2D eigenvalue weighted by Gasteiger charge is -2.36. The van der Waals surface area contributed by atoms with E-state index in [1.54, 1.807) is 7.11 Å². The Morgan fingerprint density at radius 1 is 1.33 bits per heavy atom. The molecule has 1 aliphatic heterocycles. The molecule has 1 heterocycles. The van der Waals surface area contributed by atoms with Gasteiger partial charge in [0.15, 0.2) is 0 Å². The Morgan fingerprint density at radius 3 is 2.50 bits per heavy atom. The Labute approximate surface area is 113 Å². The molecule has 0 amide bonds. The van der Waals surface area contributed by atoms with Crippen LogP contribution in [0.2, 0.25) is 0 Å². The number of nitrogens with zero attached hydrogens (tertiary/aromatic N) is 2. The first-order chi connectivity index (χ1) is 8.67. The molecule has 0 saturated carbocycles. The van der Waals surface area contributed by atoms with E-state index in [0.717, 1.165) is 25.7 Å². The molecule has 0 radical (unpaired) electrons. The molecule has 108 valence electrons. The average Bonchev–Trinajstić information content (AvgIpc) is 2.37. The van der Waals surface area contributed by atoms with Crippen LogP contribution in [0.1, 0.15) is 26.2 Å². The van der Waals surface area contributed by atoms with Crippen LogP contribution < -0.4 is 5.32 Å². The van der Waals surface area contributed by atoms with Gasteiger partial charge in [0, 0.05) is 25.7 Å². The predicted molar refractivity (Wildman–Crippen MR) is 77.1 cm³/mol. The van der Waals surface area contributed by atoms with Crippen molar-refractivity contribution in [3.63, 3.8) is 0 Å². The lowest BCUT2D eigenvalue weighted by atomic mass is 10.0. The second-order valence-corrected chi connectivity index (χ2v) is 5.60. The molecule has 0 aromatic rings. The molecule has 1 saturated heterocycles. The van der Waals surface area contributed by atoms with Crippen LogP contribution in [0.25, 0.3) is 0 Å². The highest BCUT2D eigenvalue weighted by molar-refractivity contribution is 4.80. The summed E-state index contributed by atoms with van der Waals surface area (Å²) in [6.07, 6.45) is 3.77. The molecule has 1 rings (SSSR count). The number of likely N-dealkylation sites (tertiary alicyclic amines) is 1. The van der Waals surface area contributed by atoms with Gasteiger partial charge in [0.05, 0.1) is 6.61 Å². The second kappa shape index (κ2) is 8.86. The first-order valence-corrected chi connectivity index (χ1v) is 7.28. The number of hydrogen-bond acceptors (Lipinski definition) is 4. The van der Waals surface area contributed by atoms with E-state index in [1.807, 2.05) is 0 Å². The molecular weight excluding hydrogens is 226 g/mol. The van der Waals surface area contributed by atoms with E-state index in [0.29, 0.717) is 6.04 Å². The second-order valence-electron chi connectivity index (χ2n) is 5.60. The first-order valence-electron chi connectivity index (χ1n) is 7.28. The SMILES string of the molecule is CCCNC(COC)CN1CCC(N(C)C)CC1. The van der Waals surface area contributed by atoms with E-state index >= 15 is 0 Å². The van der Waals surface area contributed by atoms with Crippen LogP contribution in [-0.2, 0) is 4.74 Å². The molecule has 0 aromatic carbocycles. The molecule has 4 heteroatoms. The Bertz CT molecular complexity index is 203. The zero-order valence-corrected chi connectivity index (χ0v) is 12.6. The fourth-order valence-corrected chi connectivity index (χ4v) is 2.66. The zero-order valence-electron chi connectivity index (χ0n) is 12.6. The van der Waals surface area contributed by atoms with E-state index in [2.05, 4.69) is 36.1 Å². The van der Waals surface area contributed by atoms with E-state index in [9.17, 15) is 0 Å². The van der Waals surface area contributed by atoms with Crippen molar-refractivity contribution < 1.29 is 4.74 Å². The third kappa shape index (κ3) is 5.65. The number of methoxy groups -OCH3 is 1. The topological polar surface area (TPSA) is 27.7 Å². The van der Waals surface area contributed by atoms with Crippen LogP contribution >= 0.6 is 0 Å². The summed E-state index contributed by atoms with van der Waals surface area (Å²) in [5.74, 6) is 0. The summed E-state index contributed by atoms with van der Waals surface area (Å²) in [4.78, 5) is 4.94. The van der Waals surface area contributed by atoms with Gasteiger partial charge >= 0.3 is 0 Å². The van der Waals surface area contributed by atoms with Gasteiger partial charge in [-0.15, -0.1) is 0 Å². The summed E-state index contributed by atoms with van der Waals surface area (Å²) in [6, 6.07) is 1.25. The van der Waals surface area contributed by atoms with E-state index in [-0.39, 0.29) is 0 Å². The van der Waals surface area contributed by atoms with Crippen molar-refractivity contribution in [3.05, 3.63) is 0 Å². The molecule has 1 unspecified atom stereocenters. The summed E-state index contributed by atoms with van der Waals surface area (Å²) in [7, 11) is 6.17. The van der Waals surface area contributed by atoms with Crippen LogP contribution in [0, 0.1) is 0 Å². The van der Waals surface area contributed by atoms with Gasteiger partial charge in [0.25, 0.3) is 0 Å². The van der Waals surface area contributed by atoms with Gasteiger partial charge in [-0.1, -0.05) is 6.92 Å². The van der Waals surface area contributed by atoms with Crippen molar-refractivity contribution in [2.24, 2.45) is 0 Å². The van der Waals surface area contributed by atoms with Crippen LogP contribution in [0.15, 0.2) is 0 Å². The normalized spacial score (nSPS) is 20.5. The number of nitrogens with one attached hydrogen (secondary N) is 1. The Morgan fingerprint density at radius 2 is 2.00 bits per heavy atom. The van der Waals surface area contributed by atoms with Gasteiger partial charge in [0.2, 0.25) is 0 Å². The van der Waals surface area contributed by atoms with Crippen molar-refractivity contribution in [2.45, 2.75) is 38.3 Å². The van der Waals surface area contributed by atoms with E-state index in [1.165, 1.54) is 32.4 Å². The number of piperidine rings is 1. The molecule has 0 spiro atoms. The highest BCUT2D eigenvalue weighted by Crippen LogP contribution is 2.14. The quantitative estimate of drug-likeness (QED) is 0.703. The van der Waals surface area contributed by atoms with Crippen molar-refractivity contribution in [1.82, 2.24) is 15.1 Å². The van der Waals surface area contributed by atoms with E-state index in [4.69, 9.17) is 4.74 Å². The molecule has 0 aromatic heterocycles. The summed E-state index contributed by atoms with van der Waals surface area (Å²) in [5, 5.41) is 3.57. The van der Waals surface area contributed by atoms with Crippen LogP contribution in [-0.4, -0.2) is 75.9 Å². The fraction of sp³-hybridized carbons (Fsp3) is 1.00. The van der Waals surface area contributed by atoms with Crippen molar-refractivity contribution in [2.75, 3.05) is 54.0 Å². The standard InChI is InChI=1S/C14H31N3O/c1-5-8-15-13(12-18-4)11-17-9-6-14(7-10-17)16(2)3/h13-15H,5-12H2,1-4H3. The minimum Gasteiger partial charge on any atom is -0.383 e. The Kier molecular flexibility index (Phi) is 7.82. The summed E-state index contributed by atoms with van der Waals surface area (Å²) in [6.45, 7) is 7.66. The van der Waals surface area contributed by atoms with Crippen LogP contribution in [0.3, 0.4) is 0 Å². The lowest BCUT2D eigenvalue weighted by molar-refractivity contribution is 0.106. The number of ether oxygens (including phenoxy) is 1. The minimum absolute atomic E-state index is 0.478. The third-order valence-electron chi connectivity index (χ3n) is 3.82. The maximum absolute atomic E-state index is 5.30. The van der Waals surface area contributed by atoms with E-state index < -0.39 is 0 Å². The molecule has 1 aliphatic rings. The molecule has 18 heavy (non-hydrogen) atoms. The monoisotopic (exact) mass is 257 g/mol. The minimum atomic E-state index is 0.478. The van der Waals surface area contributed by atoms with Crippen molar-refractivity contribution >= 4 is 0 Å². The molecule has 1 atom stereocenters. The third-order valence-corrected chi connectivity index (χ3v) is 3.82.